The average molecular weight is 289 g/mol. The van der Waals surface area contributed by atoms with E-state index in [-0.39, 0.29) is 0 Å². The molecule has 0 spiro atoms. The molecule has 0 saturated heterocycles. The number of hydrogen-bond donors (Lipinski definition) is 1. The van der Waals surface area contributed by atoms with Crippen molar-refractivity contribution < 1.29 is 22.4 Å². The van der Waals surface area contributed by atoms with E-state index in [2.05, 4.69) is 5.32 Å². The highest BCUT2D eigenvalue weighted by Crippen LogP contribution is 2.33. The zero-order chi connectivity index (χ0) is 15.0. The Bertz CT molecular complexity index is 518. The Morgan fingerprint density at radius 2 is 1.85 bits per heavy atom. The highest BCUT2D eigenvalue weighted by Gasteiger charge is 2.37. The van der Waals surface area contributed by atoms with Crippen molar-refractivity contribution in [3.63, 3.8) is 0 Å². The molecule has 110 valence electrons. The number of rotatable bonds is 2. The Kier molecular flexibility index (Phi) is 3.75. The molecule has 0 radical (unpaired) electrons. The fourth-order valence-electron chi connectivity index (χ4n) is 2.55. The minimum atomic E-state index is -4.81. The van der Waals surface area contributed by atoms with Gasteiger partial charge in [-0.25, -0.2) is 4.39 Å². The lowest BCUT2D eigenvalue weighted by Crippen LogP contribution is -2.44. The molecule has 2 rings (SSSR count). The maximum atomic E-state index is 13.8. The molecule has 6 heteroatoms. The van der Waals surface area contributed by atoms with E-state index >= 15 is 0 Å². The van der Waals surface area contributed by atoms with Crippen molar-refractivity contribution >= 4 is 5.91 Å². The van der Waals surface area contributed by atoms with Crippen LogP contribution in [-0.2, 0) is 6.18 Å². The summed E-state index contributed by atoms with van der Waals surface area (Å²) in [6.45, 7) is 1.82. The average Bonchev–Trinajstić information content (AvgIpc) is 2.74. The van der Waals surface area contributed by atoms with Gasteiger partial charge in [0, 0.05) is 5.54 Å². The van der Waals surface area contributed by atoms with Crippen molar-refractivity contribution in [3.05, 3.63) is 35.1 Å². The SMILES string of the molecule is CC1(NC(=O)c2cccc(C(F)(F)F)c2F)CCCC1. The first kappa shape index (κ1) is 14.8. The molecule has 0 atom stereocenters. The van der Waals surface area contributed by atoms with Crippen LogP contribution in [0.3, 0.4) is 0 Å². The molecule has 1 aromatic carbocycles. The molecule has 0 aliphatic heterocycles. The lowest BCUT2D eigenvalue weighted by atomic mass is 9.99. The van der Waals surface area contributed by atoms with Crippen LogP contribution in [0.5, 0.6) is 0 Å². The van der Waals surface area contributed by atoms with Gasteiger partial charge in [0.25, 0.3) is 5.91 Å². The number of nitrogens with one attached hydrogen (secondary N) is 1. The van der Waals surface area contributed by atoms with Gasteiger partial charge in [-0.3, -0.25) is 4.79 Å². The summed E-state index contributed by atoms with van der Waals surface area (Å²) in [5, 5.41) is 2.64. The normalized spacial score (nSPS) is 18.1. The summed E-state index contributed by atoms with van der Waals surface area (Å²) in [6, 6.07) is 2.74. The maximum absolute atomic E-state index is 13.8. The molecule has 0 heterocycles. The van der Waals surface area contributed by atoms with Crippen molar-refractivity contribution in [2.45, 2.75) is 44.3 Å². The van der Waals surface area contributed by atoms with Crippen molar-refractivity contribution in [2.75, 3.05) is 0 Å². The van der Waals surface area contributed by atoms with Crippen LogP contribution in [0.15, 0.2) is 18.2 Å². The number of carbonyl (C=O) groups excluding carboxylic acids is 1. The second kappa shape index (κ2) is 5.07. The first-order chi connectivity index (χ1) is 9.23. The summed E-state index contributed by atoms with van der Waals surface area (Å²) < 4.78 is 51.6. The first-order valence-electron chi connectivity index (χ1n) is 6.41. The van der Waals surface area contributed by atoms with Gasteiger partial charge in [0.2, 0.25) is 0 Å². The highest BCUT2D eigenvalue weighted by atomic mass is 19.4. The molecular weight excluding hydrogens is 274 g/mol. The van der Waals surface area contributed by atoms with Gasteiger partial charge in [-0.1, -0.05) is 18.9 Å². The van der Waals surface area contributed by atoms with Gasteiger partial charge in [-0.05, 0) is 31.9 Å². The maximum Gasteiger partial charge on any atom is 0.419 e. The second-order valence-electron chi connectivity index (χ2n) is 5.39. The van der Waals surface area contributed by atoms with E-state index in [0.29, 0.717) is 6.07 Å². The fourth-order valence-corrected chi connectivity index (χ4v) is 2.55. The number of hydrogen-bond acceptors (Lipinski definition) is 1. The van der Waals surface area contributed by atoms with Crippen LogP contribution < -0.4 is 5.32 Å². The first-order valence-corrected chi connectivity index (χ1v) is 6.41. The van der Waals surface area contributed by atoms with Gasteiger partial charge in [0.05, 0.1) is 11.1 Å². The van der Waals surface area contributed by atoms with Gasteiger partial charge in [-0.2, -0.15) is 13.2 Å². The summed E-state index contributed by atoms with van der Waals surface area (Å²) >= 11 is 0. The van der Waals surface area contributed by atoms with Gasteiger partial charge in [-0.15, -0.1) is 0 Å². The van der Waals surface area contributed by atoms with Crippen LogP contribution in [0.2, 0.25) is 0 Å². The molecule has 20 heavy (non-hydrogen) atoms. The molecule has 1 amide bonds. The summed E-state index contributed by atoms with van der Waals surface area (Å²) in [6.07, 6.45) is -1.42. The van der Waals surface area contributed by atoms with Crippen LogP contribution in [0.25, 0.3) is 0 Å². The molecule has 2 nitrogen and oxygen atoms in total. The summed E-state index contributed by atoms with van der Waals surface area (Å²) in [5.41, 5.74) is -2.44. The second-order valence-corrected chi connectivity index (χ2v) is 5.39. The zero-order valence-electron chi connectivity index (χ0n) is 11.0. The predicted molar refractivity (Wildman–Crippen MR) is 65.7 cm³/mol. The number of amides is 1. The number of carbonyl (C=O) groups is 1. The van der Waals surface area contributed by atoms with Crippen molar-refractivity contribution in [1.29, 1.82) is 0 Å². The Labute approximate surface area is 114 Å². The van der Waals surface area contributed by atoms with Gasteiger partial charge in [0.1, 0.15) is 5.82 Å². The lowest BCUT2D eigenvalue weighted by molar-refractivity contribution is -0.140. The van der Waals surface area contributed by atoms with Crippen molar-refractivity contribution in [2.24, 2.45) is 0 Å². The third-order valence-electron chi connectivity index (χ3n) is 3.67. The quantitative estimate of drug-likeness (QED) is 0.822. The predicted octanol–water partition coefficient (Wildman–Crippen LogP) is 3.91. The van der Waals surface area contributed by atoms with E-state index in [1.807, 2.05) is 6.92 Å². The van der Waals surface area contributed by atoms with Gasteiger partial charge < -0.3 is 5.32 Å². The molecular formula is C14H15F4NO. The highest BCUT2D eigenvalue weighted by molar-refractivity contribution is 5.95. The van der Waals surface area contributed by atoms with E-state index in [1.54, 1.807) is 0 Å². The van der Waals surface area contributed by atoms with Crippen LogP contribution in [0, 0.1) is 5.82 Å². The third-order valence-corrected chi connectivity index (χ3v) is 3.67. The van der Waals surface area contributed by atoms with E-state index in [4.69, 9.17) is 0 Å². The Morgan fingerprint density at radius 3 is 2.40 bits per heavy atom. The van der Waals surface area contributed by atoms with E-state index in [9.17, 15) is 22.4 Å². The minimum Gasteiger partial charge on any atom is -0.347 e. The molecule has 0 bridgehead atoms. The van der Waals surface area contributed by atoms with Gasteiger partial charge >= 0.3 is 6.18 Å². The Balaban J connectivity index is 2.27. The number of alkyl halides is 3. The minimum absolute atomic E-state index is 0.461. The monoisotopic (exact) mass is 289 g/mol. The standard InChI is InChI=1S/C14H15F4NO/c1-13(7-2-3-8-13)19-12(20)9-5-4-6-10(11(9)15)14(16,17)18/h4-6H,2-3,7-8H2,1H3,(H,19,20). The summed E-state index contributed by atoms with van der Waals surface area (Å²) in [7, 11) is 0. The molecule has 0 aromatic heterocycles. The molecule has 1 aliphatic rings. The topological polar surface area (TPSA) is 29.1 Å². The van der Waals surface area contributed by atoms with Crippen LogP contribution >= 0.6 is 0 Å². The smallest absolute Gasteiger partial charge is 0.347 e. The molecule has 1 saturated carbocycles. The van der Waals surface area contributed by atoms with Crippen molar-refractivity contribution in [1.82, 2.24) is 5.32 Å². The Hall–Kier alpha value is -1.59. The van der Waals surface area contributed by atoms with E-state index in [0.717, 1.165) is 37.8 Å². The largest absolute Gasteiger partial charge is 0.419 e. The molecule has 1 aromatic rings. The van der Waals surface area contributed by atoms with E-state index < -0.39 is 34.6 Å². The van der Waals surface area contributed by atoms with Crippen LogP contribution in [0.4, 0.5) is 17.6 Å². The third kappa shape index (κ3) is 2.94. The molecule has 1 aliphatic carbocycles. The fraction of sp³-hybridized carbons (Fsp3) is 0.500. The van der Waals surface area contributed by atoms with Crippen molar-refractivity contribution in [3.8, 4) is 0 Å². The number of halogens is 4. The molecule has 1 fully saturated rings. The summed E-state index contributed by atoms with van der Waals surface area (Å²) in [4.78, 5) is 12.0. The summed E-state index contributed by atoms with van der Waals surface area (Å²) in [5.74, 6) is -2.31. The molecule has 1 N–H and O–H groups in total. The number of benzene rings is 1. The van der Waals surface area contributed by atoms with Crippen LogP contribution in [-0.4, -0.2) is 11.4 Å². The zero-order valence-corrected chi connectivity index (χ0v) is 11.0. The van der Waals surface area contributed by atoms with Gasteiger partial charge in [0.15, 0.2) is 0 Å². The van der Waals surface area contributed by atoms with E-state index in [1.165, 1.54) is 0 Å². The molecule has 0 unspecified atom stereocenters. The lowest BCUT2D eigenvalue weighted by Gasteiger charge is -2.25. The Morgan fingerprint density at radius 1 is 1.25 bits per heavy atom. The van der Waals surface area contributed by atoms with Crippen LogP contribution in [0.1, 0.15) is 48.5 Å².